The molecule has 0 aliphatic carbocycles. The molecule has 1 unspecified atom stereocenters. The minimum atomic E-state index is 0.684. The lowest BCUT2D eigenvalue weighted by molar-refractivity contribution is 0.218. The number of hydrogen-bond donors (Lipinski definition) is 1. The van der Waals surface area contributed by atoms with Crippen LogP contribution >= 0.6 is 11.8 Å². The molecule has 0 saturated heterocycles. The van der Waals surface area contributed by atoms with Crippen molar-refractivity contribution < 1.29 is 4.74 Å². The molecule has 1 N–H and O–H groups in total. The second kappa shape index (κ2) is 11.3. The van der Waals surface area contributed by atoms with Crippen LogP contribution < -0.4 is 5.32 Å². The molecular weight excluding hydrogens is 194 g/mol. The van der Waals surface area contributed by atoms with Crippen molar-refractivity contribution in [2.75, 3.05) is 31.8 Å². The van der Waals surface area contributed by atoms with Gasteiger partial charge in [0, 0.05) is 18.9 Å². The van der Waals surface area contributed by atoms with E-state index in [1.165, 1.54) is 25.0 Å². The highest BCUT2D eigenvalue weighted by molar-refractivity contribution is 7.99. The van der Waals surface area contributed by atoms with Crippen LogP contribution in [-0.4, -0.2) is 37.8 Å². The molecule has 0 aromatic carbocycles. The Morgan fingerprint density at radius 2 is 2.07 bits per heavy atom. The summed E-state index contributed by atoms with van der Waals surface area (Å²) in [6, 6.07) is 0.684. The van der Waals surface area contributed by atoms with Crippen molar-refractivity contribution in [3.05, 3.63) is 0 Å². The fourth-order valence-corrected chi connectivity index (χ4v) is 2.25. The maximum atomic E-state index is 4.99. The smallest absolute Gasteiger partial charge is 0.0552 e. The summed E-state index contributed by atoms with van der Waals surface area (Å²) >= 11 is 2.00. The first-order valence-electron chi connectivity index (χ1n) is 5.61. The number of hydrogen-bond acceptors (Lipinski definition) is 3. The molecule has 14 heavy (non-hydrogen) atoms. The van der Waals surface area contributed by atoms with E-state index >= 15 is 0 Å². The van der Waals surface area contributed by atoms with E-state index < -0.39 is 0 Å². The molecule has 0 radical (unpaired) electrons. The summed E-state index contributed by atoms with van der Waals surface area (Å²) < 4.78 is 4.99. The number of thioether (sulfide) groups is 1. The van der Waals surface area contributed by atoms with E-state index in [2.05, 4.69) is 19.2 Å². The number of unbranched alkanes of at least 4 members (excludes halogenated alkanes) is 1. The van der Waals surface area contributed by atoms with Crippen molar-refractivity contribution in [1.29, 1.82) is 0 Å². The largest absolute Gasteiger partial charge is 0.384 e. The maximum absolute atomic E-state index is 4.99. The summed E-state index contributed by atoms with van der Waals surface area (Å²) in [5, 5.41) is 3.43. The van der Waals surface area contributed by atoms with Gasteiger partial charge in [0.1, 0.15) is 0 Å². The lowest BCUT2D eigenvalue weighted by atomic mass is 10.1. The van der Waals surface area contributed by atoms with E-state index in [4.69, 9.17) is 4.74 Å². The standard InChI is InChI=1S/C11H25NOS/c1-4-12-11(2)7-5-6-9-14-10-8-13-3/h11-12H,4-10H2,1-3H3. The monoisotopic (exact) mass is 219 g/mol. The minimum Gasteiger partial charge on any atom is -0.384 e. The quantitative estimate of drug-likeness (QED) is 0.571. The highest BCUT2D eigenvalue weighted by atomic mass is 32.2. The second-order valence-electron chi connectivity index (χ2n) is 3.56. The van der Waals surface area contributed by atoms with Gasteiger partial charge in [0.05, 0.1) is 6.61 Å². The van der Waals surface area contributed by atoms with Crippen LogP contribution in [0.5, 0.6) is 0 Å². The van der Waals surface area contributed by atoms with Gasteiger partial charge in [0.2, 0.25) is 0 Å². The Morgan fingerprint density at radius 1 is 1.29 bits per heavy atom. The molecule has 86 valence electrons. The highest BCUT2D eigenvalue weighted by Crippen LogP contribution is 2.07. The molecule has 0 saturated carbocycles. The molecule has 0 aromatic heterocycles. The van der Waals surface area contributed by atoms with E-state index in [0.29, 0.717) is 6.04 Å². The first-order valence-corrected chi connectivity index (χ1v) is 6.76. The van der Waals surface area contributed by atoms with E-state index in [0.717, 1.165) is 18.9 Å². The molecule has 0 spiro atoms. The summed E-state index contributed by atoms with van der Waals surface area (Å²) in [5.74, 6) is 2.42. The van der Waals surface area contributed by atoms with Gasteiger partial charge in [-0.1, -0.05) is 13.3 Å². The van der Waals surface area contributed by atoms with E-state index in [9.17, 15) is 0 Å². The van der Waals surface area contributed by atoms with Gasteiger partial charge in [-0.3, -0.25) is 0 Å². The molecule has 0 aromatic rings. The molecule has 0 fully saturated rings. The topological polar surface area (TPSA) is 21.3 Å². The summed E-state index contributed by atoms with van der Waals surface area (Å²) in [6.45, 7) is 6.40. The van der Waals surface area contributed by atoms with E-state index in [1.807, 2.05) is 11.8 Å². The van der Waals surface area contributed by atoms with Crippen LogP contribution in [-0.2, 0) is 4.74 Å². The molecule has 0 bridgehead atoms. The molecule has 0 amide bonds. The van der Waals surface area contributed by atoms with Crippen molar-refractivity contribution >= 4 is 11.8 Å². The minimum absolute atomic E-state index is 0.684. The molecule has 0 rings (SSSR count). The van der Waals surface area contributed by atoms with Crippen molar-refractivity contribution in [1.82, 2.24) is 5.32 Å². The van der Waals surface area contributed by atoms with E-state index in [-0.39, 0.29) is 0 Å². The van der Waals surface area contributed by atoms with Crippen LogP contribution in [0.1, 0.15) is 33.1 Å². The lowest BCUT2D eigenvalue weighted by Crippen LogP contribution is -2.25. The van der Waals surface area contributed by atoms with Crippen molar-refractivity contribution in [2.45, 2.75) is 39.2 Å². The van der Waals surface area contributed by atoms with Gasteiger partial charge >= 0.3 is 0 Å². The van der Waals surface area contributed by atoms with Gasteiger partial charge < -0.3 is 10.1 Å². The van der Waals surface area contributed by atoms with Crippen molar-refractivity contribution in [3.8, 4) is 0 Å². The van der Waals surface area contributed by atoms with Crippen molar-refractivity contribution in [2.24, 2.45) is 0 Å². The zero-order valence-electron chi connectivity index (χ0n) is 9.84. The maximum Gasteiger partial charge on any atom is 0.0552 e. The second-order valence-corrected chi connectivity index (χ2v) is 4.78. The predicted molar refractivity (Wildman–Crippen MR) is 66.2 cm³/mol. The number of rotatable bonds is 10. The van der Waals surface area contributed by atoms with Gasteiger partial charge in [0.15, 0.2) is 0 Å². The Labute approximate surface area is 93.2 Å². The summed E-state index contributed by atoms with van der Waals surface area (Å²) in [4.78, 5) is 0. The highest BCUT2D eigenvalue weighted by Gasteiger charge is 1.98. The molecule has 3 heteroatoms. The third-order valence-corrected chi connectivity index (χ3v) is 3.19. The average molecular weight is 219 g/mol. The number of methoxy groups -OCH3 is 1. The Balaban J connectivity index is 2.98. The fraction of sp³-hybridized carbons (Fsp3) is 1.00. The van der Waals surface area contributed by atoms with Gasteiger partial charge in [-0.25, -0.2) is 0 Å². The van der Waals surface area contributed by atoms with Gasteiger partial charge in [-0.15, -0.1) is 0 Å². The molecule has 0 heterocycles. The molecule has 2 nitrogen and oxygen atoms in total. The first-order chi connectivity index (χ1) is 6.81. The third kappa shape index (κ3) is 10.4. The van der Waals surface area contributed by atoms with E-state index in [1.54, 1.807) is 7.11 Å². The Hall–Kier alpha value is 0.270. The molecule has 1 atom stereocenters. The van der Waals surface area contributed by atoms with Crippen LogP contribution in [0.25, 0.3) is 0 Å². The van der Waals surface area contributed by atoms with Gasteiger partial charge in [-0.2, -0.15) is 11.8 Å². The lowest BCUT2D eigenvalue weighted by Gasteiger charge is -2.11. The number of nitrogens with one attached hydrogen (secondary N) is 1. The van der Waals surface area contributed by atoms with Gasteiger partial charge in [-0.05, 0) is 32.1 Å². The molecule has 0 aliphatic heterocycles. The Bertz CT molecular complexity index is 111. The summed E-state index contributed by atoms with van der Waals surface area (Å²) in [6.07, 6.45) is 3.98. The SMILES string of the molecule is CCNC(C)CCCCSCCOC. The Kier molecular flexibility index (Phi) is 11.6. The van der Waals surface area contributed by atoms with Gasteiger partial charge in [0.25, 0.3) is 0 Å². The summed E-state index contributed by atoms with van der Waals surface area (Å²) in [7, 11) is 1.76. The fourth-order valence-electron chi connectivity index (χ4n) is 1.35. The van der Waals surface area contributed by atoms with Crippen LogP contribution in [0.2, 0.25) is 0 Å². The zero-order chi connectivity index (χ0) is 10.6. The average Bonchev–Trinajstić information content (AvgIpc) is 2.17. The predicted octanol–water partition coefficient (Wildman–Crippen LogP) is 2.53. The van der Waals surface area contributed by atoms with Crippen LogP contribution in [0, 0.1) is 0 Å². The molecular formula is C11H25NOS. The number of ether oxygens (including phenoxy) is 1. The van der Waals surface area contributed by atoms with Crippen LogP contribution in [0.3, 0.4) is 0 Å². The first kappa shape index (κ1) is 14.3. The Morgan fingerprint density at radius 3 is 2.71 bits per heavy atom. The summed E-state index contributed by atoms with van der Waals surface area (Å²) in [5.41, 5.74) is 0. The molecule has 0 aliphatic rings. The zero-order valence-corrected chi connectivity index (χ0v) is 10.7. The normalized spacial score (nSPS) is 13.1. The third-order valence-electron chi connectivity index (χ3n) is 2.16. The van der Waals surface area contributed by atoms with Crippen molar-refractivity contribution in [3.63, 3.8) is 0 Å². The van der Waals surface area contributed by atoms with Crippen LogP contribution in [0.4, 0.5) is 0 Å². The van der Waals surface area contributed by atoms with Crippen LogP contribution in [0.15, 0.2) is 0 Å².